The molecule has 0 saturated carbocycles. The first-order chi connectivity index (χ1) is 16.3. The number of hydrazine groups is 1. The molecule has 172 valence electrons. The summed E-state index contributed by atoms with van der Waals surface area (Å²) in [7, 11) is 0. The smallest absolute Gasteiger partial charge is 0.267 e. The zero-order valence-corrected chi connectivity index (χ0v) is 19.0. The second-order valence-electron chi connectivity index (χ2n) is 7.62. The second kappa shape index (κ2) is 9.82. The molecule has 10 heteroatoms. The van der Waals surface area contributed by atoms with Gasteiger partial charge in [-0.3, -0.25) is 19.4 Å². The summed E-state index contributed by atoms with van der Waals surface area (Å²) < 4.78 is 0. The summed E-state index contributed by atoms with van der Waals surface area (Å²) in [6, 6.07) is 15.5. The number of amides is 2. The van der Waals surface area contributed by atoms with E-state index in [-0.39, 0.29) is 21.8 Å². The van der Waals surface area contributed by atoms with E-state index in [1.165, 1.54) is 30.5 Å². The van der Waals surface area contributed by atoms with E-state index in [1.54, 1.807) is 6.92 Å². The van der Waals surface area contributed by atoms with Gasteiger partial charge >= 0.3 is 0 Å². The molecule has 9 nitrogen and oxygen atoms in total. The van der Waals surface area contributed by atoms with Crippen LogP contribution < -0.4 is 16.7 Å². The minimum atomic E-state index is -0.691. The van der Waals surface area contributed by atoms with Crippen molar-refractivity contribution in [1.82, 2.24) is 20.0 Å². The van der Waals surface area contributed by atoms with Crippen LogP contribution in [0.3, 0.4) is 0 Å². The summed E-state index contributed by atoms with van der Waals surface area (Å²) in [5, 5.41) is 4.41. The maximum Gasteiger partial charge on any atom is 0.267 e. The SMILES string of the molecule is Cc1ncc2cc(C(=O)Nc3cc(C(=O)N(N)CCc4ccccc4)ccc3Cl)c(=O)[nH]c2n1. The van der Waals surface area contributed by atoms with Crippen molar-refractivity contribution >= 4 is 40.1 Å². The van der Waals surface area contributed by atoms with Crippen molar-refractivity contribution in [3.63, 3.8) is 0 Å². The Labute approximate surface area is 199 Å². The third-order valence-corrected chi connectivity index (χ3v) is 5.49. The number of anilines is 1. The molecule has 0 aliphatic rings. The molecule has 34 heavy (non-hydrogen) atoms. The number of aromatic amines is 1. The van der Waals surface area contributed by atoms with Gasteiger partial charge in [0.15, 0.2) is 0 Å². The molecule has 0 unspecified atom stereocenters. The van der Waals surface area contributed by atoms with E-state index in [0.717, 1.165) is 10.6 Å². The van der Waals surface area contributed by atoms with Gasteiger partial charge in [0.05, 0.1) is 10.7 Å². The molecule has 0 aliphatic heterocycles. The minimum absolute atomic E-state index is 0.143. The Bertz CT molecular complexity index is 1440. The van der Waals surface area contributed by atoms with Gasteiger partial charge in [0, 0.05) is 23.7 Å². The number of aryl methyl sites for hydroxylation is 1. The number of hydrogen-bond donors (Lipinski definition) is 3. The molecule has 4 N–H and O–H groups in total. The predicted molar refractivity (Wildman–Crippen MR) is 130 cm³/mol. The number of nitrogens with one attached hydrogen (secondary N) is 2. The fourth-order valence-electron chi connectivity index (χ4n) is 3.35. The fraction of sp³-hybridized carbons (Fsp3) is 0.125. The van der Waals surface area contributed by atoms with Crippen molar-refractivity contribution in [2.45, 2.75) is 13.3 Å². The Morgan fingerprint density at radius 3 is 2.68 bits per heavy atom. The third-order valence-electron chi connectivity index (χ3n) is 5.17. The van der Waals surface area contributed by atoms with Gasteiger partial charge in [-0.05, 0) is 43.2 Å². The van der Waals surface area contributed by atoms with Crippen LogP contribution in [0.1, 0.15) is 32.1 Å². The molecule has 0 fully saturated rings. The van der Waals surface area contributed by atoms with E-state index in [2.05, 4.69) is 20.3 Å². The van der Waals surface area contributed by atoms with Crippen molar-refractivity contribution in [2.24, 2.45) is 5.84 Å². The maximum absolute atomic E-state index is 12.8. The minimum Gasteiger partial charge on any atom is -0.320 e. The molecular formula is C24H21ClN6O3. The van der Waals surface area contributed by atoms with Gasteiger partial charge < -0.3 is 10.3 Å². The average Bonchev–Trinajstić information content (AvgIpc) is 2.83. The lowest BCUT2D eigenvalue weighted by atomic mass is 10.1. The normalized spacial score (nSPS) is 10.8. The molecule has 4 rings (SSSR count). The topological polar surface area (TPSA) is 134 Å². The van der Waals surface area contributed by atoms with Crippen LogP contribution in [0.25, 0.3) is 11.0 Å². The lowest BCUT2D eigenvalue weighted by Crippen LogP contribution is -2.39. The second-order valence-corrected chi connectivity index (χ2v) is 8.02. The Morgan fingerprint density at radius 1 is 1.15 bits per heavy atom. The quantitative estimate of drug-likeness (QED) is 0.222. The molecule has 2 aromatic heterocycles. The zero-order chi connectivity index (χ0) is 24.2. The van der Waals surface area contributed by atoms with Gasteiger partial charge in [0.2, 0.25) is 0 Å². The molecule has 4 aromatic rings. The van der Waals surface area contributed by atoms with Crippen molar-refractivity contribution in [3.8, 4) is 0 Å². The van der Waals surface area contributed by atoms with E-state index in [4.69, 9.17) is 17.4 Å². The van der Waals surface area contributed by atoms with Crippen molar-refractivity contribution in [1.29, 1.82) is 0 Å². The number of hydrogen-bond acceptors (Lipinski definition) is 6. The molecule has 0 aliphatic carbocycles. The monoisotopic (exact) mass is 476 g/mol. The van der Waals surface area contributed by atoms with Gasteiger partial charge in [-0.25, -0.2) is 15.8 Å². The number of rotatable bonds is 6. The number of H-pyrrole nitrogens is 1. The molecule has 2 aromatic carbocycles. The molecular weight excluding hydrogens is 456 g/mol. The number of fused-ring (bicyclic) bond motifs is 1. The van der Waals surface area contributed by atoms with Crippen LogP contribution in [-0.2, 0) is 6.42 Å². The fourth-order valence-corrected chi connectivity index (χ4v) is 3.52. The van der Waals surface area contributed by atoms with Gasteiger partial charge in [0.25, 0.3) is 17.4 Å². The predicted octanol–water partition coefficient (Wildman–Crippen LogP) is 3.09. The molecule has 0 bridgehead atoms. The summed E-state index contributed by atoms with van der Waals surface area (Å²) in [5.41, 5.74) is 1.05. The lowest BCUT2D eigenvalue weighted by Gasteiger charge is -2.17. The van der Waals surface area contributed by atoms with Crippen molar-refractivity contribution < 1.29 is 9.59 Å². The van der Waals surface area contributed by atoms with E-state index < -0.39 is 17.4 Å². The zero-order valence-electron chi connectivity index (χ0n) is 18.2. The summed E-state index contributed by atoms with van der Waals surface area (Å²) in [6.45, 7) is 2.00. The van der Waals surface area contributed by atoms with Gasteiger partial charge in [-0.1, -0.05) is 41.9 Å². The van der Waals surface area contributed by atoms with E-state index >= 15 is 0 Å². The number of aromatic nitrogens is 3. The van der Waals surface area contributed by atoms with Crippen LogP contribution in [0.5, 0.6) is 0 Å². The highest BCUT2D eigenvalue weighted by Gasteiger charge is 2.18. The number of pyridine rings is 1. The average molecular weight is 477 g/mol. The number of carbonyl (C=O) groups excluding carboxylic acids is 2. The highest BCUT2D eigenvalue weighted by atomic mass is 35.5. The summed E-state index contributed by atoms with van der Waals surface area (Å²) in [6.07, 6.45) is 2.11. The molecule has 0 atom stereocenters. The molecule has 0 radical (unpaired) electrons. The highest BCUT2D eigenvalue weighted by molar-refractivity contribution is 6.34. The van der Waals surface area contributed by atoms with E-state index in [1.807, 2.05) is 30.3 Å². The van der Waals surface area contributed by atoms with Gasteiger partial charge in [0.1, 0.15) is 17.0 Å². The third kappa shape index (κ3) is 5.11. The van der Waals surface area contributed by atoms with Crippen LogP contribution >= 0.6 is 11.6 Å². The highest BCUT2D eigenvalue weighted by Crippen LogP contribution is 2.24. The van der Waals surface area contributed by atoms with Gasteiger partial charge in [-0.2, -0.15) is 0 Å². The Hall–Kier alpha value is -4.08. The first-order valence-electron chi connectivity index (χ1n) is 10.4. The summed E-state index contributed by atoms with van der Waals surface area (Å²) in [4.78, 5) is 48.8. The van der Waals surface area contributed by atoms with Crippen molar-refractivity contribution in [2.75, 3.05) is 11.9 Å². The number of nitrogens with zero attached hydrogens (tertiary/aromatic N) is 3. The van der Waals surface area contributed by atoms with Crippen molar-refractivity contribution in [3.05, 3.63) is 98.7 Å². The Balaban J connectivity index is 1.52. The number of halogens is 1. The van der Waals surface area contributed by atoms with E-state index in [0.29, 0.717) is 29.8 Å². The first kappa shape index (κ1) is 23.1. The van der Waals surface area contributed by atoms with Crippen LogP contribution in [-0.4, -0.2) is 38.3 Å². The molecule has 0 spiro atoms. The molecule has 2 heterocycles. The van der Waals surface area contributed by atoms with Crippen LogP contribution in [0.15, 0.2) is 65.6 Å². The van der Waals surface area contributed by atoms with E-state index in [9.17, 15) is 14.4 Å². The summed E-state index contributed by atoms with van der Waals surface area (Å²) >= 11 is 6.23. The Morgan fingerprint density at radius 2 is 1.91 bits per heavy atom. The number of carbonyl (C=O) groups is 2. The summed E-state index contributed by atoms with van der Waals surface area (Å²) in [5.74, 6) is 5.34. The molecule has 0 saturated heterocycles. The van der Waals surface area contributed by atoms with Crippen LogP contribution in [0.4, 0.5) is 5.69 Å². The van der Waals surface area contributed by atoms with Crippen LogP contribution in [0, 0.1) is 6.92 Å². The largest absolute Gasteiger partial charge is 0.320 e. The molecule has 2 amide bonds. The van der Waals surface area contributed by atoms with Crippen LogP contribution in [0.2, 0.25) is 5.02 Å². The van der Waals surface area contributed by atoms with Gasteiger partial charge in [-0.15, -0.1) is 0 Å². The standard InChI is InChI=1S/C24H21ClN6O3/c1-14-27-13-17-11-18(23(33)30-21(17)28-14)22(32)29-20-12-16(7-8-19(20)25)24(34)31(26)10-9-15-5-3-2-4-6-15/h2-8,11-13H,9-10,26H2,1H3,(H,29,32)(H,27,28,30,33). The first-order valence-corrected chi connectivity index (χ1v) is 10.8. The number of nitrogens with two attached hydrogens (primary N) is 1. The maximum atomic E-state index is 12.8. The lowest BCUT2D eigenvalue weighted by molar-refractivity contribution is 0.0757. The number of benzene rings is 2. The Kier molecular flexibility index (Phi) is 6.67.